The average molecular weight is 371 g/mol. The Labute approximate surface area is 159 Å². The van der Waals surface area contributed by atoms with E-state index in [-0.39, 0.29) is 5.91 Å². The molecule has 138 valence electrons. The second-order valence-electron chi connectivity index (χ2n) is 6.53. The maximum Gasteiger partial charge on any atom is 0.257 e. The second kappa shape index (κ2) is 9.69. The molecule has 2 aromatic rings. The third kappa shape index (κ3) is 5.29. The van der Waals surface area contributed by atoms with Gasteiger partial charge in [-0.15, -0.1) is 0 Å². The zero-order valence-electron chi connectivity index (χ0n) is 15.3. The fourth-order valence-corrected chi connectivity index (χ4v) is 3.58. The number of carbonyl (C=O) groups excluding carboxylic acids is 1. The van der Waals surface area contributed by atoms with Gasteiger partial charge in [0.2, 0.25) is 0 Å². The molecule has 0 radical (unpaired) electrons. The van der Waals surface area contributed by atoms with Gasteiger partial charge < -0.3 is 9.80 Å². The van der Waals surface area contributed by atoms with E-state index < -0.39 is 0 Å². The van der Waals surface area contributed by atoms with Crippen LogP contribution in [-0.4, -0.2) is 64.7 Å². The van der Waals surface area contributed by atoms with E-state index >= 15 is 0 Å². The molecule has 0 N–H and O–H groups in total. The molecule has 1 aromatic heterocycles. The van der Waals surface area contributed by atoms with Gasteiger partial charge >= 0.3 is 0 Å². The van der Waals surface area contributed by atoms with Crippen molar-refractivity contribution < 1.29 is 4.79 Å². The number of rotatable bonds is 6. The lowest BCUT2D eigenvalue weighted by Gasteiger charge is -2.22. The molecule has 1 aromatic carbocycles. The lowest BCUT2D eigenvalue weighted by molar-refractivity contribution is 0.0760. The molecule has 26 heavy (non-hydrogen) atoms. The van der Waals surface area contributed by atoms with Crippen LogP contribution in [0.15, 0.2) is 47.9 Å². The van der Waals surface area contributed by atoms with Gasteiger partial charge in [-0.05, 0) is 44.2 Å². The summed E-state index contributed by atoms with van der Waals surface area (Å²) in [6, 6.07) is 10.6. The van der Waals surface area contributed by atoms with E-state index in [0.29, 0.717) is 10.7 Å². The van der Waals surface area contributed by atoms with Crippen molar-refractivity contribution in [3.05, 3.63) is 53.9 Å². The van der Waals surface area contributed by atoms with Gasteiger partial charge in [-0.25, -0.2) is 9.97 Å². The van der Waals surface area contributed by atoms with Crippen molar-refractivity contribution in [1.29, 1.82) is 0 Å². The summed E-state index contributed by atoms with van der Waals surface area (Å²) in [5.74, 6) is 0.0452. The molecule has 0 unspecified atom stereocenters. The van der Waals surface area contributed by atoms with Crippen LogP contribution in [0.25, 0.3) is 0 Å². The molecule has 1 amide bonds. The van der Waals surface area contributed by atoms with Gasteiger partial charge in [0.15, 0.2) is 5.16 Å². The largest absolute Gasteiger partial charge is 0.337 e. The molecule has 2 heterocycles. The molecular formula is C20H26N4OS. The molecule has 0 saturated carbocycles. The molecule has 1 aliphatic heterocycles. The fraction of sp³-hybridized carbons (Fsp3) is 0.450. The standard InChI is InChI=1S/C20H26N4OS/c1-26-20-21-15-18(16-22-20)19(25)24-12-6-11-23(13-14-24)10-5-9-17-7-3-2-4-8-17/h2-4,7-8,15-16H,5-6,9-14H2,1H3. The second-order valence-corrected chi connectivity index (χ2v) is 7.31. The first-order chi connectivity index (χ1) is 12.8. The molecule has 5 nitrogen and oxygen atoms in total. The van der Waals surface area contributed by atoms with Gasteiger partial charge in [0.05, 0.1) is 5.56 Å². The summed E-state index contributed by atoms with van der Waals surface area (Å²) >= 11 is 1.48. The van der Waals surface area contributed by atoms with Gasteiger partial charge in [-0.3, -0.25) is 4.79 Å². The molecule has 3 rings (SSSR count). The van der Waals surface area contributed by atoms with Crippen LogP contribution >= 0.6 is 11.8 Å². The minimum Gasteiger partial charge on any atom is -0.337 e. The van der Waals surface area contributed by atoms with E-state index in [1.165, 1.54) is 17.3 Å². The van der Waals surface area contributed by atoms with E-state index in [2.05, 4.69) is 45.2 Å². The number of aryl methyl sites for hydroxylation is 1. The topological polar surface area (TPSA) is 49.3 Å². The summed E-state index contributed by atoms with van der Waals surface area (Å²) in [7, 11) is 0. The fourth-order valence-electron chi connectivity index (χ4n) is 3.26. The van der Waals surface area contributed by atoms with Crippen LogP contribution < -0.4 is 0 Å². The van der Waals surface area contributed by atoms with Crippen LogP contribution in [0.5, 0.6) is 0 Å². The number of nitrogens with zero attached hydrogens (tertiary/aromatic N) is 4. The number of carbonyl (C=O) groups is 1. The Kier molecular flexibility index (Phi) is 7.03. The molecule has 0 atom stereocenters. The van der Waals surface area contributed by atoms with Crippen LogP contribution in [0.4, 0.5) is 0 Å². The summed E-state index contributed by atoms with van der Waals surface area (Å²) in [6.07, 6.45) is 8.49. The smallest absolute Gasteiger partial charge is 0.257 e. The van der Waals surface area contributed by atoms with Crippen molar-refractivity contribution in [2.45, 2.75) is 24.4 Å². The van der Waals surface area contributed by atoms with Crippen molar-refractivity contribution in [3.8, 4) is 0 Å². The normalized spacial score (nSPS) is 15.7. The summed E-state index contributed by atoms with van der Waals surface area (Å²) in [5, 5.41) is 0.696. The van der Waals surface area contributed by atoms with Gasteiger partial charge in [0.25, 0.3) is 5.91 Å². The first-order valence-electron chi connectivity index (χ1n) is 9.18. The summed E-state index contributed by atoms with van der Waals surface area (Å²) < 4.78 is 0. The van der Waals surface area contributed by atoms with E-state index in [0.717, 1.165) is 52.0 Å². The Morgan fingerprint density at radius 3 is 2.58 bits per heavy atom. The van der Waals surface area contributed by atoms with Gasteiger partial charge in [-0.2, -0.15) is 0 Å². The molecule has 0 spiro atoms. The maximum atomic E-state index is 12.7. The Morgan fingerprint density at radius 1 is 1.08 bits per heavy atom. The van der Waals surface area contributed by atoms with Crippen LogP contribution in [-0.2, 0) is 6.42 Å². The lowest BCUT2D eigenvalue weighted by Crippen LogP contribution is -2.35. The predicted molar refractivity (Wildman–Crippen MR) is 106 cm³/mol. The summed E-state index contributed by atoms with van der Waals surface area (Å²) in [6.45, 7) is 4.65. The molecule has 6 heteroatoms. The Bertz CT molecular complexity index is 693. The average Bonchev–Trinajstić information content (AvgIpc) is 2.94. The van der Waals surface area contributed by atoms with Crippen molar-refractivity contribution >= 4 is 17.7 Å². The number of hydrogen-bond acceptors (Lipinski definition) is 5. The lowest BCUT2D eigenvalue weighted by atomic mass is 10.1. The summed E-state index contributed by atoms with van der Waals surface area (Å²) in [4.78, 5) is 25.5. The minimum atomic E-state index is 0.0452. The van der Waals surface area contributed by atoms with Crippen LogP contribution in [0.2, 0.25) is 0 Å². The van der Waals surface area contributed by atoms with Gasteiger partial charge in [0.1, 0.15) is 0 Å². The third-order valence-corrected chi connectivity index (χ3v) is 5.29. The Morgan fingerprint density at radius 2 is 1.85 bits per heavy atom. The van der Waals surface area contributed by atoms with E-state index in [1.807, 2.05) is 11.2 Å². The number of aromatic nitrogens is 2. The zero-order valence-corrected chi connectivity index (χ0v) is 16.1. The SMILES string of the molecule is CSc1ncc(C(=O)N2CCCN(CCCc3ccccc3)CC2)cn1. The van der Waals surface area contributed by atoms with E-state index in [1.54, 1.807) is 12.4 Å². The first kappa shape index (κ1) is 18.9. The van der Waals surface area contributed by atoms with Crippen LogP contribution in [0.1, 0.15) is 28.8 Å². The molecular weight excluding hydrogens is 344 g/mol. The number of hydrogen-bond donors (Lipinski definition) is 0. The van der Waals surface area contributed by atoms with Gasteiger partial charge in [0, 0.05) is 32.0 Å². The highest BCUT2D eigenvalue weighted by molar-refractivity contribution is 7.98. The number of amides is 1. The molecule has 1 fully saturated rings. The first-order valence-corrected chi connectivity index (χ1v) is 10.4. The Hall–Kier alpha value is -1.92. The van der Waals surface area contributed by atoms with Crippen molar-refractivity contribution in [2.24, 2.45) is 0 Å². The predicted octanol–water partition coefficient (Wildman–Crippen LogP) is 2.98. The van der Waals surface area contributed by atoms with Crippen molar-refractivity contribution in [2.75, 3.05) is 39.0 Å². The van der Waals surface area contributed by atoms with Crippen molar-refractivity contribution in [1.82, 2.24) is 19.8 Å². The van der Waals surface area contributed by atoms with Crippen LogP contribution in [0, 0.1) is 0 Å². The van der Waals surface area contributed by atoms with E-state index in [4.69, 9.17) is 0 Å². The number of thioether (sulfide) groups is 1. The monoisotopic (exact) mass is 370 g/mol. The minimum absolute atomic E-state index is 0.0452. The van der Waals surface area contributed by atoms with Crippen LogP contribution in [0.3, 0.4) is 0 Å². The zero-order chi connectivity index (χ0) is 18.2. The summed E-state index contributed by atoms with van der Waals surface area (Å²) in [5.41, 5.74) is 1.98. The number of benzene rings is 1. The highest BCUT2D eigenvalue weighted by Gasteiger charge is 2.20. The molecule has 0 aliphatic carbocycles. The molecule has 0 bridgehead atoms. The van der Waals surface area contributed by atoms with E-state index in [9.17, 15) is 4.79 Å². The highest BCUT2D eigenvalue weighted by Crippen LogP contribution is 2.12. The quantitative estimate of drug-likeness (QED) is 0.578. The van der Waals surface area contributed by atoms with Crippen molar-refractivity contribution in [3.63, 3.8) is 0 Å². The molecule has 1 saturated heterocycles. The maximum absolute atomic E-state index is 12.7. The third-order valence-electron chi connectivity index (χ3n) is 4.72. The Balaban J connectivity index is 1.47. The highest BCUT2D eigenvalue weighted by atomic mass is 32.2. The van der Waals surface area contributed by atoms with Gasteiger partial charge in [-0.1, -0.05) is 42.1 Å². The molecule has 1 aliphatic rings.